The van der Waals surface area contributed by atoms with Crippen LogP contribution in [0.4, 0.5) is 5.69 Å². The van der Waals surface area contributed by atoms with E-state index < -0.39 is 17.9 Å². The van der Waals surface area contributed by atoms with E-state index in [4.69, 9.17) is 9.47 Å². The van der Waals surface area contributed by atoms with Crippen LogP contribution in [-0.2, 0) is 25.5 Å². The van der Waals surface area contributed by atoms with Crippen LogP contribution >= 0.6 is 0 Å². The van der Waals surface area contributed by atoms with Gasteiger partial charge in [0.15, 0.2) is 0 Å². The minimum absolute atomic E-state index is 0.0481. The first-order valence-electron chi connectivity index (χ1n) is 13.1. The first-order chi connectivity index (χ1) is 18.0. The molecule has 2 aromatic rings. The SMILES string of the molecule is COC(=O)C(Cc1ccccc1)NC(=O)C1CCCCC1C(=O)N1CCN(c2ccc(OC)cc2)CC1. The van der Waals surface area contributed by atoms with E-state index in [1.807, 2.05) is 59.5 Å². The van der Waals surface area contributed by atoms with E-state index in [9.17, 15) is 14.4 Å². The van der Waals surface area contributed by atoms with Gasteiger partial charge in [-0.2, -0.15) is 0 Å². The highest BCUT2D eigenvalue weighted by Gasteiger charge is 2.39. The van der Waals surface area contributed by atoms with Crippen LogP contribution in [0.2, 0.25) is 0 Å². The lowest BCUT2D eigenvalue weighted by atomic mass is 9.77. The summed E-state index contributed by atoms with van der Waals surface area (Å²) in [5.74, 6) is -0.656. The quantitative estimate of drug-likeness (QED) is 0.553. The maximum Gasteiger partial charge on any atom is 0.328 e. The summed E-state index contributed by atoms with van der Waals surface area (Å²) >= 11 is 0. The number of anilines is 1. The maximum atomic E-state index is 13.6. The van der Waals surface area contributed by atoms with Crippen molar-refractivity contribution in [2.24, 2.45) is 11.8 Å². The molecule has 1 saturated carbocycles. The van der Waals surface area contributed by atoms with E-state index in [2.05, 4.69) is 10.2 Å². The van der Waals surface area contributed by atoms with Crippen molar-refractivity contribution in [1.29, 1.82) is 0 Å². The number of amides is 2. The number of rotatable bonds is 8. The van der Waals surface area contributed by atoms with Crippen LogP contribution in [0.15, 0.2) is 54.6 Å². The van der Waals surface area contributed by atoms with E-state index in [1.54, 1.807) is 7.11 Å². The van der Waals surface area contributed by atoms with Gasteiger partial charge in [0, 0.05) is 50.1 Å². The van der Waals surface area contributed by atoms with Crippen LogP contribution in [0, 0.1) is 11.8 Å². The summed E-state index contributed by atoms with van der Waals surface area (Å²) in [4.78, 5) is 43.6. The third-order valence-electron chi connectivity index (χ3n) is 7.53. The molecule has 0 spiro atoms. The molecule has 0 radical (unpaired) electrons. The van der Waals surface area contributed by atoms with Gasteiger partial charge >= 0.3 is 5.97 Å². The summed E-state index contributed by atoms with van der Waals surface area (Å²) < 4.78 is 10.2. The Labute approximate surface area is 218 Å². The number of piperazine rings is 1. The van der Waals surface area contributed by atoms with E-state index in [-0.39, 0.29) is 17.7 Å². The molecule has 198 valence electrons. The Balaban J connectivity index is 1.38. The normalized spacial score (nSPS) is 20.6. The third-order valence-corrected chi connectivity index (χ3v) is 7.53. The number of hydrogen-bond acceptors (Lipinski definition) is 6. The number of carbonyl (C=O) groups is 3. The van der Waals surface area contributed by atoms with Crippen molar-refractivity contribution in [2.75, 3.05) is 45.3 Å². The van der Waals surface area contributed by atoms with Crippen LogP contribution in [0.3, 0.4) is 0 Å². The fourth-order valence-electron chi connectivity index (χ4n) is 5.42. The van der Waals surface area contributed by atoms with Gasteiger partial charge in [0.2, 0.25) is 11.8 Å². The fraction of sp³-hybridized carbons (Fsp3) is 0.483. The van der Waals surface area contributed by atoms with Gasteiger partial charge in [-0.1, -0.05) is 43.2 Å². The largest absolute Gasteiger partial charge is 0.497 e. The highest BCUT2D eigenvalue weighted by Crippen LogP contribution is 2.32. The molecule has 2 aromatic carbocycles. The van der Waals surface area contributed by atoms with E-state index in [0.29, 0.717) is 32.4 Å². The van der Waals surface area contributed by atoms with Crippen LogP contribution in [0.1, 0.15) is 31.2 Å². The second-order valence-electron chi connectivity index (χ2n) is 9.78. The number of methoxy groups -OCH3 is 2. The molecule has 1 aliphatic carbocycles. The molecule has 3 atom stereocenters. The van der Waals surface area contributed by atoms with Crippen molar-refractivity contribution < 1.29 is 23.9 Å². The van der Waals surface area contributed by atoms with Crippen LogP contribution in [0.25, 0.3) is 0 Å². The Morgan fingerprint density at radius 2 is 1.54 bits per heavy atom. The Hall–Kier alpha value is -3.55. The third kappa shape index (κ3) is 6.61. The number of benzene rings is 2. The molecular weight excluding hydrogens is 470 g/mol. The standard InChI is InChI=1S/C29H37N3O5/c1-36-23-14-12-22(13-15-23)31-16-18-32(19-17-31)28(34)25-11-7-6-10-24(25)27(33)30-26(29(35)37-2)20-21-8-4-3-5-9-21/h3-5,8-9,12-15,24-26H,6-7,10-11,16-20H2,1-2H3,(H,30,33). The molecular formula is C29H37N3O5. The molecule has 4 rings (SSSR count). The van der Waals surface area contributed by atoms with Gasteiger partial charge in [-0.3, -0.25) is 9.59 Å². The van der Waals surface area contributed by atoms with E-state index in [0.717, 1.165) is 42.9 Å². The molecule has 1 heterocycles. The van der Waals surface area contributed by atoms with Crippen molar-refractivity contribution in [2.45, 2.75) is 38.1 Å². The van der Waals surface area contributed by atoms with Gasteiger partial charge in [0.25, 0.3) is 0 Å². The predicted molar refractivity (Wildman–Crippen MR) is 141 cm³/mol. The zero-order valence-corrected chi connectivity index (χ0v) is 21.7. The Kier molecular flexibility index (Phi) is 9.04. The lowest BCUT2D eigenvalue weighted by molar-refractivity contribution is -0.148. The van der Waals surface area contributed by atoms with Gasteiger partial charge in [-0.15, -0.1) is 0 Å². The number of nitrogens with one attached hydrogen (secondary N) is 1. The van der Waals surface area contributed by atoms with E-state index in [1.165, 1.54) is 7.11 Å². The number of nitrogens with zero attached hydrogens (tertiary/aromatic N) is 2. The molecule has 2 aliphatic rings. The van der Waals surface area contributed by atoms with Gasteiger partial charge in [0.05, 0.1) is 14.2 Å². The lowest BCUT2D eigenvalue weighted by Gasteiger charge is -2.40. The second-order valence-corrected chi connectivity index (χ2v) is 9.78. The summed E-state index contributed by atoms with van der Waals surface area (Å²) in [6.45, 7) is 2.72. The van der Waals surface area contributed by atoms with Gasteiger partial charge < -0.3 is 24.6 Å². The van der Waals surface area contributed by atoms with Gasteiger partial charge in [-0.25, -0.2) is 4.79 Å². The highest BCUT2D eigenvalue weighted by atomic mass is 16.5. The summed E-state index contributed by atoms with van der Waals surface area (Å²) in [6.07, 6.45) is 3.51. The summed E-state index contributed by atoms with van der Waals surface area (Å²) in [5, 5.41) is 2.91. The molecule has 37 heavy (non-hydrogen) atoms. The topological polar surface area (TPSA) is 88.2 Å². The Morgan fingerprint density at radius 1 is 0.892 bits per heavy atom. The fourth-order valence-corrected chi connectivity index (χ4v) is 5.42. The molecule has 3 unspecified atom stereocenters. The molecule has 8 heteroatoms. The maximum absolute atomic E-state index is 13.6. The monoisotopic (exact) mass is 507 g/mol. The Bertz CT molecular complexity index is 1050. The Morgan fingerprint density at radius 3 is 2.16 bits per heavy atom. The minimum Gasteiger partial charge on any atom is -0.497 e. The molecule has 0 aromatic heterocycles. The first-order valence-corrected chi connectivity index (χ1v) is 13.1. The average Bonchev–Trinajstić information content (AvgIpc) is 2.96. The van der Waals surface area contributed by atoms with Crippen molar-refractivity contribution >= 4 is 23.5 Å². The zero-order chi connectivity index (χ0) is 26.2. The lowest BCUT2D eigenvalue weighted by Crippen LogP contribution is -2.54. The summed E-state index contributed by atoms with van der Waals surface area (Å²) in [6, 6.07) is 16.7. The number of hydrogen-bond donors (Lipinski definition) is 1. The van der Waals surface area contributed by atoms with Gasteiger partial charge in [-0.05, 0) is 42.7 Å². The van der Waals surface area contributed by atoms with Crippen molar-refractivity contribution in [3.63, 3.8) is 0 Å². The number of ether oxygens (including phenoxy) is 2. The zero-order valence-electron chi connectivity index (χ0n) is 21.7. The van der Waals surface area contributed by atoms with Gasteiger partial charge in [0.1, 0.15) is 11.8 Å². The molecule has 8 nitrogen and oxygen atoms in total. The predicted octanol–water partition coefficient (Wildman–Crippen LogP) is 3.05. The highest BCUT2D eigenvalue weighted by molar-refractivity contribution is 5.90. The number of esters is 1. The summed E-state index contributed by atoms with van der Waals surface area (Å²) in [5.41, 5.74) is 2.04. The number of carbonyl (C=O) groups excluding carboxylic acids is 3. The van der Waals surface area contributed by atoms with Crippen molar-refractivity contribution in [1.82, 2.24) is 10.2 Å². The molecule has 0 bridgehead atoms. The van der Waals surface area contributed by atoms with Crippen LogP contribution in [-0.4, -0.2) is 69.1 Å². The first kappa shape index (κ1) is 26.5. The van der Waals surface area contributed by atoms with E-state index >= 15 is 0 Å². The summed E-state index contributed by atoms with van der Waals surface area (Å²) in [7, 11) is 2.97. The smallest absolute Gasteiger partial charge is 0.328 e. The van der Waals surface area contributed by atoms with Crippen LogP contribution in [0.5, 0.6) is 5.75 Å². The molecule has 1 N–H and O–H groups in total. The molecule has 1 saturated heterocycles. The van der Waals surface area contributed by atoms with Crippen molar-refractivity contribution in [3.05, 3.63) is 60.2 Å². The second kappa shape index (κ2) is 12.6. The molecule has 2 fully saturated rings. The minimum atomic E-state index is -0.786. The molecule has 1 aliphatic heterocycles. The average molecular weight is 508 g/mol. The van der Waals surface area contributed by atoms with Crippen molar-refractivity contribution in [3.8, 4) is 5.75 Å². The van der Waals surface area contributed by atoms with Crippen LogP contribution < -0.4 is 15.0 Å². The molecule has 2 amide bonds.